The molecule has 0 aromatic heterocycles. The quantitative estimate of drug-likeness (QED) is 0.306. The number of nitrogens with zero attached hydrogens (tertiary/aromatic N) is 2. The van der Waals surface area contributed by atoms with E-state index < -0.39 is 0 Å². The van der Waals surface area contributed by atoms with Gasteiger partial charge >= 0.3 is 0 Å². The van der Waals surface area contributed by atoms with Gasteiger partial charge in [-0.2, -0.15) is 0 Å². The molecule has 0 rings (SSSR count). The summed E-state index contributed by atoms with van der Waals surface area (Å²) < 4.78 is 10.4. The maximum atomic E-state index is 5.44. The molecule has 6 nitrogen and oxygen atoms in total. The van der Waals surface area contributed by atoms with Crippen molar-refractivity contribution in [2.75, 3.05) is 53.1 Å². The topological polar surface area (TPSA) is 58.1 Å². The second-order valence-electron chi connectivity index (χ2n) is 6.07. The molecule has 0 aliphatic carbocycles. The van der Waals surface area contributed by atoms with Crippen LogP contribution in [0.5, 0.6) is 0 Å². The molecule has 0 radical (unpaired) electrons. The third-order valence-electron chi connectivity index (χ3n) is 3.49. The fraction of sp³-hybridized carbons (Fsp3) is 0.941. The second-order valence-corrected chi connectivity index (χ2v) is 6.07. The average Bonchev–Trinajstić information content (AvgIpc) is 2.49. The summed E-state index contributed by atoms with van der Waals surface area (Å²) in [5.74, 6) is 0.864. The summed E-state index contributed by atoms with van der Waals surface area (Å²) in [5, 5.41) is 6.55. The lowest BCUT2D eigenvalue weighted by Gasteiger charge is -2.30. The van der Waals surface area contributed by atoms with Gasteiger partial charge in [-0.15, -0.1) is 0 Å². The largest absolute Gasteiger partial charge is 0.382 e. The summed E-state index contributed by atoms with van der Waals surface area (Å²) in [7, 11) is 1.68. The van der Waals surface area contributed by atoms with Crippen molar-refractivity contribution in [3.63, 3.8) is 0 Å². The van der Waals surface area contributed by atoms with Gasteiger partial charge in [0.2, 0.25) is 0 Å². The molecule has 0 spiro atoms. The predicted molar refractivity (Wildman–Crippen MR) is 98.3 cm³/mol. The number of nitrogens with one attached hydrogen (secondary N) is 2. The predicted octanol–water partition coefficient (Wildman–Crippen LogP) is 1.71. The first-order valence-corrected chi connectivity index (χ1v) is 8.87. The maximum absolute atomic E-state index is 5.44. The first-order chi connectivity index (χ1) is 11.0. The number of methoxy groups -OCH3 is 1. The number of hydrogen-bond donors (Lipinski definition) is 2. The van der Waals surface area contributed by atoms with Crippen molar-refractivity contribution in [1.29, 1.82) is 0 Å². The second kappa shape index (κ2) is 14.7. The molecule has 2 N–H and O–H groups in total. The zero-order valence-electron chi connectivity index (χ0n) is 16.0. The van der Waals surface area contributed by atoms with Crippen molar-refractivity contribution >= 4 is 5.96 Å². The van der Waals surface area contributed by atoms with Crippen LogP contribution >= 0.6 is 0 Å². The summed E-state index contributed by atoms with van der Waals surface area (Å²) in [6, 6.07) is 1.16. The minimum Gasteiger partial charge on any atom is -0.382 e. The molecule has 0 unspecified atom stereocenters. The average molecular weight is 331 g/mol. The van der Waals surface area contributed by atoms with Gasteiger partial charge in [0, 0.05) is 45.4 Å². The highest BCUT2D eigenvalue weighted by Gasteiger charge is 2.12. The first-order valence-electron chi connectivity index (χ1n) is 8.87. The molecule has 0 atom stereocenters. The molecular formula is C17H38N4O2. The zero-order valence-corrected chi connectivity index (χ0v) is 16.0. The minimum atomic E-state index is 0.578. The van der Waals surface area contributed by atoms with Gasteiger partial charge < -0.3 is 20.1 Å². The molecule has 0 aromatic carbocycles. The van der Waals surface area contributed by atoms with Crippen LogP contribution in [0.15, 0.2) is 4.99 Å². The molecule has 0 saturated carbocycles. The van der Waals surface area contributed by atoms with Crippen LogP contribution in [0, 0.1) is 0 Å². The van der Waals surface area contributed by atoms with E-state index >= 15 is 0 Å². The standard InChI is InChI=1S/C17H38N4O2/c1-7-18-17(20-10-12-23-14-13-22-6)19-9-8-11-21(15(2)3)16(4)5/h15-16H,7-14H2,1-6H3,(H2,18,19,20). The summed E-state index contributed by atoms with van der Waals surface area (Å²) in [5.41, 5.74) is 0. The van der Waals surface area contributed by atoms with Crippen LogP contribution in [0.25, 0.3) is 0 Å². The fourth-order valence-electron chi connectivity index (χ4n) is 2.38. The van der Waals surface area contributed by atoms with Crippen molar-refractivity contribution in [2.45, 2.75) is 53.1 Å². The number of hydrogen-bond acceptors (Lipinski definition) is 4. The van der Waals surface area contributed by atoms with E-state index in [-0.39, 0.29) is 0 Å². The first kappa shape index (κ1) is 22.1. The molecule has 0 fully saturated rings. The van der Waals surface area contributed by atoms with Gasteiger partial charge in [0.15, 0.2) is 5.96 Å². The smallest absolute Gasteiger partial charge is 0.191 e. The fourth-order valence-corrected chi connectivity index (χ4v) is 2.38. The maximum Gasteiger partial charge on any atom is 0.191 e. The lowest BCUT2D eigenvalue weighted by atomic mass is 10.2. The molecule has 0 aromatic rings. The number of ether oxygens (including phenoxy) is 2. The van der Waals surface area contributed by atoms with Gasteiger partial charge in [0.25, 0.3) is 0 Å². The number of rotatable bonds is 13. The van der Waals surface area contributed by atoms with E-state index in [1.807, 2.05) is 0 Å². The molecule has 138 valence electrons. The third kappa shape index (κ3) is 12.3. The summed E-state index contributed by atoms with van der Waals surface area (Å²) in [6.07, 6.45) is 1.07. The van der Waals surface area contributed by atoms with Crippen molar-refractivity contribution < 1.29 is 9.47 Å². The Kier molecular flexibility index (Phi) is 14.2. The summed E-state index contributed by atoms with van der Waals surface area (Å²) in [4.78, 5) is 7.13. The Labute approximate surface area is 143 Å². The van der Waals surface area contributed by atoms with Crippen LogP contribution in [0.1, 0.15) is 41.0 Å². The van der Waals surface area contributed by atoms with Crippen LogP contribution in [0.2, 0.25) is 0 Å². The summed E-state index contributed by atoms with van der Waals surface area (Å²) >= 11 is 0. The van der Waals surface area contributed by atoms with E-state index in [9.17, 15) is 0 Å². The van der Waals surface area contributed by atoms with Crippen LogP contribution in [0.4, 0.5) is 0 Å². The molecule has 6 heteroatoms. The van der Waals surface area contributed by atoms with E-state index in [2.05, 4.69) is 55.1 Å². The van der Waals surface area contributed by atoms with Gasteiger partial charge in [-0.3, -0.25) is 9.89 Å². The van der Waals surface area contributed by atoms with E-state index in [1.165, 1.54) is 0 Å². The monoisotopic (exact) mass is 330 g/mol. The summed E-state index contributed by atoms with van der Waals surface area (Å²) in [6.45, 7) is 16.5. The zero-order chi connectivity index (χ0) is 17.5. The van der Waals surface area contributed by atoms with Crippen LogP contribution in [-0.2, 0) is 9.47 Å². The van der Waals surface area contributed by atoms with Gasteiger partial charge in [0.05, 0.1) is 19.8 Å². The Balaban J connectivity index is 4.01. The van der Waals surface area contributed by atoms with Crippen LogP contribution in [-0.4, -0.2) is 76.1 Å². The molecule has 0 amide bonds. The Hall–Kier alpha value is -0.850. The van der Waals surface area contributed by atoms with Crippen molar-refractivity contribution in [3.8, 4) is 0 Å². The Bertz CT molecular complexity index is 288. The molecule has 23 heavy (non-hydrogen) atoms. The van der Waals surface area contributed by atoms with Gasteiger partial charge in [-0.1, -0.05) is 0 Å². The number of guanidine groups is 1. The highest BCUT2D eigenvalue weighted by Crippen LogP contribution is 2.05. The van der Waals surface area contributed by atoms with Crippen LogP contribution in [0.3, 0.4) is 0 Å². The SMILES string of the molecule is CCNC(=NCCCN(C(C)C)C(C)C)NCCOCCOC. The van der Waals surface area contributed by atoms with E-state index in [0.717, 1.165) is 38.6 Å². The Morgan fingerprint density at radius 1 is 1.04 bits per heavy atom. The van der Waals surface area contributed by atoms with E-state index in [0.29, 0.717) is 31.9 Å². The minimum absolute atomic E-state index is 0.578. The molecule has 0 aliphatic heterocycles. The number of aliphatic imine (C=N–C) groups is 1. The Morgan fingerprint density at radius 3 is 2.30 bits per heavy atom. The highest BCUT2D eigenvalue weighted by atomic mass is 16.5. The molecule has 0 aliphatic rings. The van der Waals surface area contributed by atoms with Crippen molar-refractivity contribution in [3.05, 3.63) is 0 Å². The Morgan fingerprint density at radius 2 is 1.74 bits per heavy atom. The highest BCUT2D eigenvalue weighted by molar-refractivity contribution is 5.79. The van der Waals surface area contributed by atoms with Gasteiger partial charge in [0.1, 0.15) is 0 Å². The van der Waals surface area contributed by atoms with Crippen LogP contribution < -0.4 is 10.6 Å². The van der Waals surface area contributed by atoms with E-state index in [1.54, 1.807) is 7.11 Å². The third-order valence-corrected chi connectivity index (χ3v) is 3.49. The van der Waals surface area contributed by atoms with Gasteiger partial charge in [-0.25, -0.2) is 0 Å². The van der Waals surface area contributed by atoms with Crippen molar-refractivity contribution in [1.82, 2.24) is 15.5 Å². The lowest BCUT2D eigenvalue weighted by Crippen LogP contribution is -2.40. The molecule has 0 bridgehead atoms. The molecular weight excluding hydrogens is 292 g/mol. The molecule has 0 saturated heterocycles. The van der Waals surface area contributed by atoms with Gasteiger partial charge in [-0.05, 0) is 41.0 Å². The lowest BCUT2D eigenvalue weighted by molar-refractivity contribution is 0.0733. The van der Waals surface area contributed by atoms with E-state index in [4.69, 9.17) is 9.47 Å². The normalized spacial score (nSPS) is 12.5. The molecule has 0 heterocycles. The van der Waals surface area contributed by atoms with Crippen molar-refractivity contribution in [2.24, 2.45) is 4.99 Å².